The van der Waals surface area contributed by atoms with Crippen molar-refractivity contribution in [2.75, 3.05) is 20.3 Å². The summed E-state index contributed by atoms with van der Waals surface area (Å²) >= 11 is 0. The lowest BCUT2D eigenvalue weighted by Crippen LogP contribution is -2.29. The third-order valence-corrected chi connectivity index (χ3v) is 4.00. The SMILES string of the molecule is COCC(O)CCNC(=O)c1cnn(-c2ccc(C)cc2)c1C(C)C. The van der Waals surface area contributed by atoms with Gasteiger partial charge in [-0.3, -0.25) is 4.79 Å². The zero-order valence-corrected chi connectivity index (χ0v) is 15.3. The highest BCUT2D eigenvalue weighted by Crippen LogP contribution is 2.23. The summed E-state index contributed by atoms with van der Waals surface area (Å²) < 4.78 is 6.70. The number of aliphatic hydroxyl groups excluding tert-OH is 1. The van der Waals surface area contributed by atoms with Gasteiger partial charge in [0.25, 0.3) is 5.91 Å². The molecule has 0 radical (unpaired) electrons. The van der Waals surface area contributed by atoms with Crippen molar-refractivity contribution in [3.63, 3.8) is 0 Å². The Labute approximate surface area is 148 Å². The number of carbonyl (C=O) groups excluding carboxylic acids is 1. The number of aromatic nitrogens is 2. The monoisotopic (exact) mass is 345 g/mol. The highest BCUT2D eigenvalue weighted by molar-refractivity contribution is 5.95. The third-order valence-electron chi connectivity index (χ3n) is 4.00. The molecule has 2 rings (SSSR count). The van der Waals surface area contributed by atoms with Crippen molar-refractivity contribution in [3.8, 4) is 5.69 Å². The molecule has 0 bridgehead atoms. The normalized spacial score (nSPS) is 12.4. The fraction of sp³-hybridized carbons (Fsp3) is 0.474. The third kappa shape index (κ3) is 4.90. The minimum atomic E-state index is -0.579. The van der Waals surface area contributed by atoms with E-state index in [2.05, 4.69) is 10.4 Å². The van der Waals surface area contributed by atoms with Gasteiger partial charge in [0.05, 0.1) is 35.9 Å². The van der Waals surface area contributed by atoms with Gasteiger partial charge in [-0.1, -0.05) is 31.5 Å². The summed E-state index contributed by atoms with van der Waals surface area (Å²) in [7, 11) is 1.54. The van der Waals surface area contributed by atoms with Crippen LogP contribution in [0.1, 0.15) is 47.8 Å². The van der Waals surface area contributed by atoms with Gasteiger partial charge in [-0.25, -0.2) is 4.68 Å². The van der Waals surface area contributed by atoms with Crippen LogP contribution in [-0.2, 0) is 4.74 Å². The number of nitrogens with zero attached hydrogens (tertiary/aromatic N) is 2. The van der Waals surface area contributed by atoms with Crippen LogP contribution < -0.4 is 5.32 Å². The van der Waals surface area contributed by atoms with Crippen molar-refractivity contribution in [2.45, 2.75) is 39.2 Å². The van der Waals surface area contributed by atoms with Crippen LogP contribution in [0.4, 0.5) is 0 Å². The topological polar surface area (TPSA) is 76.4 Å². The second-order valence-corrected chi connectivity index (χ2v) is 6.50. The predicted octanol–water partition coefficient (Wildman–Crippen LogP) is 2.43. The summed E-state index contributed by atoms with van der Waals surface area (Å²) in [6, 6.07) is 8.05. The lowest BCUT2D eigenvalue weighted by molar-refractivity contribution is 0.0587. The van der Waals surface area contributed by atoms with Gasteiger partial charge in [-0.2, -0.15) is 5.10 Å². The van der Waals surface area contributed by atoms with Gasteiger partial charge in [-0.15, -0.1) is 0 Å². The average molecular weight is 345 g/mol. The first-order chi connectivity index (χ1) is 11.9. The summed E-state index contributed by atoms with van der Waals surface area (Å²) in [5, 5.41) is 16.9. The molecule has 2 aromatic rings. The number of rotatable bonds is 8. The van der Waals surface area contributed by atoms with Crippen molar-refractivity contribution in [1.29, 1.82) is 0 Å². The molecule has 1 aromatic heterocycles. The van der Waals surface area contributed by atoms with E-state index in [4.69, 9.17) is 4.74 Å². The number of methoxy groups -OCH3 is 1. The van der Waals surface area contributed by atoms with Gasteiger partial charge >= 0.3 is 0 Å². The molecular formula is C19H27N3O3. The molecule has 2 N–H and O–H groups in total. The van der Waals surface area contributed by atoms with Crippen LogP contribution in [0.5, 0.6) is 0 Å². The Kier molecular flexibility index (Phi) is 6.73. The lowest BCUT2D eigenvalue weighted by Gasteiger charge is -2.14. The maximum atomic E-state index is 12.5. The number of hydrogen-bond donors (Lipinski definition) is 2. The highest BCUT2D eigenvalue weighted by atomic mass is 16.5. The minimum absolute atomic E-state index is 0.142. The van der Waals surface area contributed by atoms with E-state index in [1.165, 1.54) is 12.7 Å². The van der Waals surface area contributed by atoms with Crippen LogP contribution in [0.25, 0.3) is 5.69 Å². The smallest absolute Gasteiger partial charge is 0.254 e. The Hall–Kier alpha value is -2.18. The Bertz CT molecular complexity index is 692. The average Bonchev–Trinajstić information content (AvgIpc) is 3.01. The highest BCUT2D eigenvalue weighted by Gasteiger charge is 2.20. The quantitative estimate of drug-likeness (QED) is 0.770. The van der Waals surface area contributed by atoms with E-state index in [9.17, 15) is 9.90 Å². The molecule has 0 saturated carbocycles. The van der Waals surface area contributed by atoms with Crippen LogP contribution in [0.3, 0.4) is 0 Å². The molecule has 6 nitrogen and oxygen atoms in total. The molecule has 0 fully saturated rings. The number of aryl methyl sites for hydroxylation is 1. The van der Waals surface area contributed by atoms with Crippen molar-refractivity contribution >= 4 is 5.91 Å². The Balaban J connectivity index is 2.15. The fourth-order valence-electron chi connectivity index (χ4n) is 2.70. The molecule has 0 aliphatic carbocycles. The van der Waals surface area contributed by atoms with Crippen LogP contribution >= 0.6 is 0 Å². The van der Waals surface area contributed by atoms with Crippen molar-refractivity contribution in [3.05, 3.63) is 47.3 Å². The second kappa shape index (κ2) is 8.78. The van der Waals surface area contributed by atoms with E-state index in [-0.39, 0.29) is 18.4 Å². The summed E-state index contributed by atoms with van der Waals surface area (Å²) in [5.74, 6) is -0.0321. The number of carbonyl (C=O) groups is 1. The van der Waals surface area contributed by atoms with Gasteiger partial charge < -0.3 is 15.2 Å². The summed E-state index contributed by atoms with van der Waals surface area (Å²) in [6.07, 6.45) is 1.48. The Morgan fingerprint density at radius 1 is 1.32 bits per heavy atom. The molecule has 6 heteroatoms. The summed E-state index contributed by atoms with van der Waals surface area (Å²) in [4.78, 5) is 12.5. The number of aliphatic hydroxyl groups is 1. The maximum absolute atomic E-state index is 12.5. The maximum Gasteiger partial charge on any atom is 0.254 e. The van der Waals surface area contributed by atoms with Crippen molar-refractivity contribution in [2.24, 2.45) is 0 Å². The molecule has 136 valence electrons. The van der Waals surface area contributed by atoms with E-state index in [1.54, 1.807) is 6.20 Å². The standard InChI is InChI=1S/C19H27N3O3/c1-13(2)18-17(19(24)20-10-9-16(23)12-25-4)11-21-22(18)15-7-5-14(3)6-8-15/h5-8,11,13,16,23H,9-10,12H2,1-4H3,(H,20,24). The first kappa shape index (κ1) is 19.1. The second-order valence-electron chi connectivity index (χ2n) is 6.50. The molecule has 25 heavy (non-hydrogen) atoms. The first-order valence-electron chi connectivity index (χ1n) is 8.54. The van der Waals surface area contributed by atoms with E-state index in [1.807, 2.05) is 49.7 Å². The number of benzene rings is 1. The molecule has 0 aliphatic heterocycles. The minimum Gasteiger partial charge on any atom is -0.391 e. The van der Waals surface area contributed by atoms with Crippen LogP contribution in [0.2, 0.25) is 0 Å². The molecule has 0 spiro atoms. The molecule has 1 aromatic carbocycles. The molecular weight excluding hydrogens is 318 g/mol. The zero-order valence-electron chi connectivity index (χ0n) is 15.3. The molecule has 0 aliphatic rings. The summed E-state index contributed by atoms with van der Waals surface area (Å²) in [6.45, 7) is 6.77. The van der Waals surface area contributed by atoms with Gasteiger partial charge in [-0.05, 0) is 31.4 Å². The molecule has 1 heterocycles. The van der Waals surface area contributed by atoms with E-state index in [0.717, 1.165) is 11.4 Å². The largest absolute Gasteiger partial charge is 0.391 e. The number of hydrogen-bond acceptors (Lipinski definition) is 4. The number of amides is 1. The van der Waals surface area contributed by atoms with Crippen LogP contribution in [-0.4, -0.2) is 47.2 Å². The first-order valence-corrected chi connectivity index (χ1v) is 8.54. The van der Waals surface area contributed by atoms with Crippen molar-refractivity contribution < 1.29 is 14.6 Å². The molecule has 0 saturated heterocycles. The summed E-state index contributed by atoms with van der Waals surface area (Å²) in [5.41, 5.74) is 3.55. The van der Waals surface area contributed by atoms with E-state index < -0.39 is 6.10 Å². The Morgan fingerprint density at radius 3 is 2.60 bits per heavy atom. The lowest BCUT2D eigenvalue weighted by atomic mass is 10.0. The zero-order chi connectivity index (χ0) is 18.4. The number of ether oxygens (including phenoxy) is 1. The van der Waals surface area contributed by atoms with Gasteiger partial charge in [0.1, 0.15) is 0 Å². The predicted molar refractivity (Wildman–Crippen MR) is 97.2 cm³/mol. The number of nitrogens with one attached hydrogen (secondary N) is 1. The molecule has 1 unspecified atom stereocenters. The van der Waals surface area contributed by atoms with E-state index >= 15 is 0 Å². The molecule has 1 atom stereocenters. The van der Waals surface area contributed by atoms with Gasteiger partial charge in [0, 0.05) is 13.7 Å². The van der Waals surface area contributed by atoms with Gasteiger partial charge in [0.2, 0.25) is 0 Å². The van der Waals surface area contributed by atoms with Crippen LogP contribution in [0, 0.1) is 6.92 Å². The van der Waals surface area contributed by atoms with Crippen LogP contribution in [0.15, 0.2) is 30.5 Å². The molecule has 1 amide bonds. The fourth-order valence-corrected chi connectivity index (χ4v) is 2.70. The van der Waals surface area contributed by atoms with Gasteiger partial charge in [0.15, 0.2) is 0 Å². The van der Waals surface area contributed by atoms with Crippen molar-refractivity contribution in [1.82, 2.24) is 15.1 Å². The Morgan fingerprint density at radius 2 is 2.00 bits per heavy atom. The van der Waals surface area contributed by atoms with E-state index in [0.29, 0.717) is 18.5 Å².